The van der Waals surface area contributed by atoms with Crippen molar-refractivity contribution >= 4 is 27.5 Å². The lowest BCUT2D eigenvalue weighted by Gasteiger charge is -2.31. The Labute approximate surface area is 198 Å². The van der Waals surface area contributed by atoms with Crippen molar-refractivity contribution in [2.45, 2.75) is 24.4 Å². The third kappa shape index (κ3) is 5.79. The maximum Gasteiger partial charge on any atom is 0.264 e. The van der Waals surface area contributed by atoms with Crippen LogP contribution in [-0.2, 0) is 26.2 Å². The summed E-state index contributed by atoms with van der Waals surface area (Å²) in [5.41, 5.74) is 0.914. The summed E-state index contributed by atoms with van der Waals surface area (Å²) in [7, 11) is -2.62. The number of para-hydroxylation sites is 1. The Hall–Kier alpha value is -3.72. The first-order valence-electron chi connectivity index (χ1n) is 10.6. The smallest absolute Gasteiger partial charge is 0.264 e. The van der Waals surface area contributed by atoms with Gasteiger partial charge in [0, 0.05) is 13.6 Å². The van der Waals surface area contributed by atoms with Gasteiger partial charge in [-0.1, -0.05) is 48.5 Å². The SMILES string of the molecule is CNC(=O)C(C)N(Cc1ccc(F)cc1)C(=O)CN(c1ccccc1)S(=O)(=O)c1ccccc1. The minimum atomic E-state index is -4.08. The zero-order valence-corrected chi connectivity index (χ0v) is 19.7. The van der Waals surface area contributed by atoms with Crippen molar-refractivity contribution < 1.29 is 22.4 Å². The Morgan fingerprint density at radius 1 is 0.912 bits per heavy atom. The number of carbonyl (C=O) groups excluding carboxylic acids is 2. The van der Waals surface area contributed by atoms with E-state index in [0.717, 1.165) is 4.31 Å². The van der Waals surface area contributed by atoms with Crippen LogP contribution in [0.5, 0.6) is 0 Å². The fourth-order valence-electron chi connectivity index (χ4n) is 3.42. The van der Waals surface area contributed by atoms with Crippen molar-refractivity contribution in [1.82, 2.24) is 10.2 Å². The third-order valence-electron chi connectivity index (χ3n) is 5.33. The normalized spacial score (nSPS) is 12.0. The van der Waals surface area contributed by atoms with Crippen LogP contribution < -0.4 is 9.62 Å². The molecule has 1 N–H and O–H groups in total. The van der Waals surface area contributed by atoms with E-state index in [1.54, 1.807) is 55.5 Å². The number of hydrogen-bond acceptors (Lipinski definition) is 4. The average Bonchev–Trinajstić information content (AvgIpc) is 2.86. The van der Waals surface area contributed by atoms with E-state index in [1.807, 2.05) is 0 Å². The number of nitrogens with one attached hydrogen (secondary N) is 1. The van der Waals surface area contributed by atoms with Crippen LogP contribution in [-0.4, -0.2) is 44.8 Å². The lowest BCUT2D eigenvalue weighted by Crippen LogP contribution is -2.50. The molecule has 1 unspecified atom stereocenters. The highest BCUT2D eigenvalue weighted by Crippen LogP contribution is 2.24. The van der Waals surface area contributed by atoms with Crippen LogP contribution in [0.15, 0.2) is 89.8 Å². The lowest BCUT2D eigenvalue weighted by atomic mass is 10.1. The summed E-state index contributed by atoms with van der Waals surface area (Å²) < 4.78 is 41.3. The molecule has 0 saturated carbocycles. The van der Waals surface area contributed by atoms with Crippen molar-refractivity contribution in [1.29, 1.82) is 0 Å². The van der Waals surface area contributed by atoms with E-state index in [9.17, 15) is 22.4 Å². The van der Waals surface area contributed by atoms with Crippen LogP contribution in [0.2, 0.25) is 0 Å². The molecule has 0 spiro atoms. The van der Waals surface area contributed by atoms with Gasteiger partial charge in [-0.25, -0.2) is 12.8 Å². The largest absolute Gasteiger partial charge is 0.357 e. The fraction of sp³-hybridized carbons (Fsp3) is 0.200. The van der Waals surface area contributed by atoms with Crippen molar-refractivity contribution in [3.05, 3.63) is 96.3 Å². The zero-order valence-electron chi connectivity index (χ0n) is 18.9. The highest BCUT2D eigenvalue weighted by molar-refractivity contribution is 7.92. The molecule has 0 radical (unpaired) electrons. The number of likely N-dealkylation sites (N-methyl/N-ethyl adjacent to an activating group) is 1. The Kier molecular flexibility index (Phi) is 8.01. The molecule has 34 heavy (non-hydrogen) atoms. The van der Waals surface area contributed by atoms with Gasteiger partial charge in [0.2, 0.25) is 11.8 Å². The molecular weight excluding hydrogens is 457 g/mol. The molecule has 3 aromatic rings. The summed E-state index contributed by atoms with van der Waals surface area (Å²) in [6.07, 6.45) is 0. The summed E-state index contributed by atoms with van der Waals surface area (Å²) in [6.45, 7) is 1.03. The van der Waals surface area contributed by atoms with Crippen LogP contribution >= 0.6 is 0 Å². The van der Waals surface area contributed by atoms with Crippen LogP contribution in [0.4, 0.5) is 10.1 Å². The molecule has 9 heteroatoms. The Morgan fingerprint density at radius 2 is 1.47 bits per heavy atom. The molecule has 3 aromatic carbocycles. The minimum absolute atomic E-state index is 0.00170. The molecule has 0 heterocycles. The standard InChI is InChI=1S/C25H26FN3O4S/c1-19(25(31)27-2)28(17-20-13-15-21(26)16-14-20)24(30)18-29(22-9-5-3-6-10-22)34(32,33)23-11-7-4-8-12-23/h3-16,19H,17-18H2,1-2H3,(H,27,31). The Bertz CT molecular complexity index is 1220. The second kappa shape index (κ2) is 10.9. The highest BCUT2D eigenvalue weighted by atomic mass is 32.2. The van der Waals surface area contributed by atoms with Gasteiger partial charge in [-0.3, -0.25) is 13.9 Å². The Balaban J connectivity index is 1.98. The molecule has 1 atom stereocenters. The number of anilines is 1. The van der Waals surface area contributed by atoms with E-state index in [2.05, 4.69) is 5.32 Å². The second-order valence-electron chi connectivity index (χ2n) is 7.60. The third-order valence-corrected chi connectivity index (χ3v) is 7.12. The van der Waals surface area contributed by atoms with Gasteiger partial charge in [0.05, 0.1) is 10.6 Å². The van der Waals surface area contributed by atoms with Gasteiger partial charge in [0.15, 0.2) is 0 Å². The van der Waals surface area contributed by atoms with Crippen molar-refractivity contribution in [2.75, 3.05) is 17.9 Å². The number of benzene rings is 3. The number of nitrogens with zero attached hydrogens (tertiary/aromatic N) is 2. The number of sulfonamides is 1. The molecular formula is C25H26FN3O4S. The van der Waals surface area contributed by atoms with Crippen LogP contribution in [0.25, 0.3) is 0 Å². The maximum atomic E-state index is 13.5. The van der Waals surface area contributed by atoms with Gasteiger partial charge in [-0.05, 0) is 48.9 Å². The molecule has 0 aromatic heterocycles. The molecule has 0 saturated heterocycles. The van der Waals surface area contributed by atoms with Crippen molar-refractivity contribution in [2.24, 2.45) is 0 Å². The molecule has 0 aliphatic carbocycles. The Morgan fingerprint density at radius 3 is 2.03 bits per heavy atom. The predicted octanol–water partition coefficient (Wildman–Crippen LogP) is 3.18. The van der Waals surface area contributed by atoms with E-state index in [0.29, 0.717) is 11.3 Å². The number of amides is 2. The number of halogens is 1. The van der Waals surface area contributed by atoms with E-state index in [1.165, 1.54) is 48.3 Å². The monoisotopic (exact) mass is 483 g/mol. The molecule has 7 nitrogen and oxygen atoms in total. The van der Waals surface area contributed by atoms with E-state index < -0.39 is 40.2 Å². The lowest BCUT2D eigenvalue weighted by molar-refractivity contribution is -0.139. The summed E-state index contributed by atoms with van der Waals surface area (Å²) >= 11 is 0. The summed E-state index contributed by atoms with van der Waals surface area (Å²) in [4.78, 5) is 27.2. The fourth-order valence-corrected chi connectivity index (χ4v) is 4.86. The zero-order chi connectivity index (χ0) is 24.7. The van der Waals surface area contributed by atoms with Crippen LogP contribution in [0, 0.1) is 5.82 Å². The topological polar surface area (TPSA) is 86.8 Å². The van der Waals surface area contributed by atoms with E-state index in [4.69, 9.17) is 0 Å². The first kappa shape index (κ1) is 24.9. The predicted molar refractivity (Wildman–Crippen MR) is 128 cm³/mol. The first-order valence-corrected chi connectivity index (χ1v) is 12.1. The second-order valence-corrected chi connectivity index (χ2v) is 9.46. The summed E-state index contributed by atoms with van der Waals surface area (Å²) in [5, 5.41) is 2.51. The molecule has 0 fully saturated rings. The van der Waals surface area contributed by atoms with Crippen LogP contribution in [0.3, 0.4) is 0 Å². The van der Waals surface area contributed by atoms with Gasteiger partial charge in [-0.2, -0.15) is 0 Å². The first-order chi connectivity index (χ1) is 16.2. The van der Waals surface area contributed by atoms with E-state index >= 15 is 0 Å². The van der Waals surface area contributed by atoms with Crippen LogP contribution in [0.1, 0.15) is 12.5 Å². The average molecular weight is 484 g/mol. The summed E-state index contributed by atoms with van der Waals surface area (Å²) in [6, 6.07) is 20.8. The van der Waals surface area contributed by atoms with Crippen molar-refractivity contribution in [3.8, 4) is 0 Å². The van der Waals surface area contributed by atoms with Gasteiger partial charge < -0.3 is 10.2 Å². The minimum Gasteiger partial charge on any atom is -0.357 e. The van der Waals surface area contributed by atoms with E-state index in [-0.39, 0.29) is 11.4 Å². The molecule has 0 aliphatic rings. The quantitative estimate of drug-likeness (QED) is 0.507. The number of carbonyl (C=O) groups is 2. The van der Waals surface area contributed by atoms with Gasteiger partial charge >= 0.3 is 0 Å². The maximum absolute atomic E-state index is 13.5. The number of rotatable bonds is 9. The molecule has 0 bridgehead atoms. The molecule has 0 aliphatic heterocycles. The molecule has 178 valence electrons. The van der Waals surface area contributed by atoms with Gasteiger partial charge in [0.25, 0.3) is 10.0 Å². The summed E-state index contributed by atoms with van der Waals surface area (Å²) in [5.74, 6) is -1.42. The number of hydrogen-bond donors (Lipinski definition) is 1. The van der Waals surface area contributed by atoms with Crippen molar-refractivity contribution in [3.63, 3.8) is 0 Å². The highest BCUT2D eigenvalue weighted by Gasteiger charge is 2.32. The van der Waals surface area contributed by atoms with Gasteiger partial charge in [0.1, 0.15) is 18.4 Å². The molecule has 3 rings (SSSR count). The van der Waals surface area contributed by atoms with Gasteiger partial charge in [-0.15, -0.1) is 0 Å². The molecule has 2 amide bonds.